The molecule has 3 heteroatoms. The van der Waals surface area contributed by atoms with Gasteiger partial charge in [-0.15, -0.1) is 11.6 Å². The molecule has 0 spiro atoms. The molecule has 0 aromatic heterocycles. The SMILES string of the molecule is CCCC1(O[SiH](C)C)CCCC(Cl)C1. The Kier molecular flexibility index (Phi) is 4.95. The van der Waals surface area contributed by atoms with Gasteiger partial charge in [-0.3, -0.25) is 0 Å². The molecule has 14 heavy (non-hydrogen) atoms. The molecule has 0 saturated heterocycles. The van der Waals surface area contributed by atoms with E-state index in [0.717, 1.165) is 6.42 Å². The summed E-state index contributed by atoms with van der Waals surface area (Å²) < 4.78 is 6.24. The Morgan fingerprint density at radius 3 is 2.71 bits per heavy atom. The molecule has 1 fully saturated rings. The molecule has 1 rings (SSSR count). The van der Waals surface area contributed by atoms with Crippen LogP contribution in [0.3, 0.4) is 0 Å². The molecule has 2 unspecified atom stereocenters. The van der Waals surface area contributed by atoms with Crippen molar-refractivity contribution in [1.82, 2.24) is 0 Å². The number of hydrogen-bond acceptors (Lipinski definition) is 1. The van der Waals surface area contributed by atoms with Crippen molar-refractivity contribution in [2.75, 3.05) is 0 Å². The van der Waals surface area contributed by atoms with Gasteiger partial charge in [0.15, 0.2) is 9.04 Å². The summed E-state index contributed by atoms with van der Waals surface area (Å²) in [5, 5.41) is 0.350. The largest absolute Gasteiger partial charge is 0.415 e. The van der Waals surface area contributed by atoms with Gasteiger partial charge >= 0.3 is 0 Å². The van der Waals surface area contributed by atoms with E-state index in [0.29, 0.717) is 5.38 Å². The Bertz CT molecular complexity index is 167. The maximum atomic E-state index is 6.26. The topological polar surface area (TPSA) is 9.23 Å². The molecule has 1 saturated carbocycles. The number of rotatable bonds is 4. The highest BCUT2D eigenvalue weighted by atomic mass is 35.5. The Morgan fingerprint density at radius 1 is 1.50 bits per heavy atom. The van der Waals surface area contributed by atoms with Crippen molar-refractivity contribution in [2.24, 2.45) is 0 Å². The van der Waals surface area contributed by atoms with Crippen LogP contribution in [-0.2, 0) is 4.43 Å². The summed E-state index contributed by atoms with van der Waals surface area (Å²) in [5.41, 5.74) is 0.153. The van der Waals surface area contributed by atoms with Gasteiger partial charge in [0.2, 0.25) is 0 Å². The molecule has 0 bridgehead atoms. The van der Waals surface area contributed by atoms with Gasteiger partial charge in [-0.05, 0) is 45.2 Å². The van der Waals surface area contributed by atoms with Gasteiger partial charge in [-0.25, -0.2) is 0 Å². The van der Waals surface area contributed by atoms with Gasteiger partial charge in [-0.1, -0.05) is 13.3 Å². The van der Waals surface area contributed by atoms with Gasteiger partial charge in [0.25, 0.3) is 0 Å². The van der Waals surface area contributed by atoms with Crippen molar-refractivity contribution in [3.63, 3.8) is 0 Å². The summed E-state index contributed by atoms with van der Waals surface area (Å²) >= 11 is 6.26. The lowest BCUT2D eigenvalue weighted by Gasteiger charge is -2.41. The summed E-state index contributed by atoms with van der Waals surface area (Å²) in [6, 6.07) is 0. The average molecular weight is 235 g/mol. The van der Waals surface area contributed by atoms with Crippen molar-refractivity contribution in [2.45, 2.75) is 69.5 Å². The summed E-state index contributed by atoms with van der Waals surface area (Å²) in [4.78, 5) is 0. The van der Waals surface area contributed by atoms with Crippen molar-refractivity contribution >= 4 is 20.6 Å². The smallest absolute Gasteiger partial charge is 0.171 e. The van der Waals surface area contributed by atoms with Crippen LogP contribution in [-0.4, -0.2) is 20.0 Å². The van der Waals surface area contributed by atoms with Gasteiger partial charge < -0.3 is 4.43 Å². The number of halogens is 1. The third kappa shape index (κ3) is 3.56. The highest BCUT2D eigenvalue weighted by molar-refractivity contribution is 6.48. The fourth-order valence-corrected chi connectivity index (χ4v) is 4.37. The Labute approximate surface area is 94.9 Å². The molecule has 0 heterocycles. The van der Waals surface area contributed by atoms with E-state index in [-0.39, 0.29) is 5.60 Å². The fraction of sp³-hybridized carbons (Fsp3) is 1.00. The van der Waals surface area contributed by atoms with E-state index in [1.807, 2.05) is 0 Å². The maximum Gasteiger partial charge on any atom is 0.171 e. The van der Waals surface area contributed by atoms with Gasteiger partial charge in [0.05, 0.1) is 5.60 Å². The first kappa shape index (κ1) is 12.5. The Balaban J connectivity index is 2.59. The average Bonchev–Trinajstić information content (AvgIpc) is 2.02. The molecule has 0 aromatic carbocycles. The van der Waals surface area contributed by atoms with Gasteiger partial charge in [0.1, 0.15) is 0 Å². The van der Waals surface area contributed by atoms with Gasteiger partial charge in [0, 0.05) is 5.38 Å². The molecule has 0 radical (unpaired) electrons. The van der Waals surface area contributed by atoms with E-state index in [4.69, 9.17) is 16.0 Å². The van der Waals surface area contributed by atoms with Crippen LogP contribution < -0.4 is 0 Å². The monoisotopic (exact) mass is 234 g/mol. The summed E-state index contributed by atoms with van der Waals surface area (Å²) in [5.74, 6) is 0. The Morgan fingerprint density at radius 2 is 2.21 bits per heavy atom. The minimum atomic E-state index is -0.928. The molecule has 0 aromatic rings. The molecule has 0 amide bonds. The maximum absolute atomic E-state index is 6.26. The zero-order valence-corrected chi connectivity index (χ0v) is 11.6. The van der Waals surface area contributed by atoms with Crippen molar-refractivity contribution < 1.29 is 4.43 Å². The van der Waals surface area contributed by atoms with Crippen LogP contribution in [0.4, 0.5) is 0 Å². The van der Waals surface area contributed by atoms with Crippen LogP contribution in [0.25, 0.3) is 0 Å². The summed E-state index contributed by atoms with van der Waals surface area (Å²) in [6.45, 7) is 6.76. The van der Waals surface area contributed by atoms with E-state index in [1.165, 1.54) is 32.1 Å². The predicted molar refractivity (Wildman–Crippen MR) is 65.7 cm³/mol. The predicted octanol–water partition coefficient (Wildman–Crippen LogP) is 3.71. The minimum Gasteiger partial charge on any atom is -0.415 e. The van der Waals surface area contributed by atoms with Crippen LogP contribution in [0.2, 0.25) is 13.1 Å². The standard InChI is InChI=1S/C11H23ClOSi/c1-4-7-11(13-14(2)3)8-5-6-10(12)9-11/h10,14H,4-9H2,1-3H3. The fourth-order valence-electron chi connectivity index (χ4n) is 2.60. The Hall–Kier alpha value is 0.467. The molecular formula is C11H23ClOSi. The normalized spacial score (nSPS) is 33.6. The lowest BCUT2D eigenvalue weighted by Crippen LogP contribution is -2.41. The first-order chi connectivity index (χ1) is 6.58. The molecule has 1 aliphatic rings. The lowest BCUT2D eigenvalue weighted by molar-refractivity contribution is 0.0215. The molecular weight excluding hydrogens is 212 g/mol. The highest BCUT2D eigenvalue weighted by Gasteiger charge is 2.36. The van der Waals surface area contributed by atoms with Crippen molar-refractivity contribution in [3.05, 3.63) is 0 Å². The van der Waals surface area contributed by atoms with Crippen molar-refractivity contribution in [1.29, 1.82) is 0 Å². The first-order valence-corrected chi connectivity index (χ1v) is 9.11. The minimum absolute atomic E-state index is 0.153. The van der Waals surface area contributed by atoms with Crippen LogP contribution in [0, 0.1) is 0 Å². The molecule has 0 aliphatic heterocycles. The molecule has 0 N–H and O–H groups in total. The second-order valence-corrected chi connectivity index (χ2v) is 7.74. The molecule has 1 nitrogen and oxygen atoms in total. The second kappa shape index (κ2) is 5.52. The third-order valence-corrected chi connectivity index (χ3v) is 4.28. The van der Waals surface area contributed by atoms with Crippen LogP contribution in [0.15, 0.2) is 0 Å². The zero-order chi connectivity index (χ0) is 10.6. The number of alkyl halides is 1. The lowest BCUT2D eigenvalue weighted by atomic mass is 9.81. The first-order valence-electron chi connectivity index (χ1n) is 5.90. The van der Waals surface area contributed by atoms with Crippen LogP contribution in [0.1, 0.15) is 45.4 Å². The molecule has 84 valence electrons. The van der Waals surface area contributed by atoms with E-state index in [9.17, 15) is 0 Å². The van der Waals surface area contributed by atoms with Gasteiger partial charge in [-0.2, -0.15) is 0 Å². The highest BCUT2D eigenvalue weighted by Crippen LogP contribution is 2.38. The molecule has 1 aliphatic carbocycles. The van der Waals surface area contributed by atoms with E-state index >= 15 is 0 Å². The van der Waals surface area contributed by atoms with Crippen LogP contribution in [0.5, 0.6) is 0 Å². The quantitative estimate of drug-likeness (QED) is 0.533. The second-order valence-electron chi connectivity index (χ2n) is 4.79. The molecule has 2 atom stereocenters. The van der Waals surface area contributed by atoms with Crippen LogP contribution >= 0.6 is 11.6 Å². The number of hydrogen-bond donors (Lipinski definition) is 0. The van der Waals surface area contributed by atoms with E-state index in [2.05, 4.69) is 20.0 Å². The summed E-state index contributed by atoms with van der Waals surface area (Å²) in [7, 11) is -0.928. The summed E-state index contributed by atoms with van der Waals surface area (Å²) in [6.07, 6.45) is 7.14. The van der Waals surface area contributed by atoms with Crippen molar-refractivity contribution in [3.8, 4) is 0 Å². The van der Waals surface area contributed by atoms with E-state index in [1.54, 1.807) is 0 Å². The van der Waals surface area contributed by atoms with E-state index < -0.39 is 9.04 Å². The third-order valence-electron chi connectivity index (χ3n) is 2.93. The zero-order valence-electron chi connectivity index (χ0n) is 9.68.